The van der Waals surface area contributed by atoms with E-state index in [1.54, 1.807) is 37.3 Å². The fraction of sp³-hybridized carbons (Fsp3) is 0.0714. The van der Waals surface area contributed by atoms with Crippen molar-refractivity contribution < 1.29 is 9.90 Å². The topological polar surface area (TPSA) is 75.3 Å². The Morgan fingerprint density at radius 3 is 2.74 bits per heavy atom. The van der Waals surface area contributed by atoms with E-state index in [0.29, 0.717) is 27.5 Å². The van der Waals surface area contributed by atoms with Gasteiger partial charge >= 0.3 is 0 Å². The summed E-state index contributed by atoms with van der Waals surface area (Å²) >= 11 is 5.99. The molecule has 2 aromatic rings. The van der Waals surface area contributed by atoms with E-state index in [2.05, 4.69) is 5.32 Å². The number of nitrogen functional groups attached to an aromatic ring is 1. The summed E-state index contributed by atoms with van der Waals surface area (Å²) in [6, 6.07) is 9.62. The van der Waals surface area contributed by atoms with Crippen LogP contribution in [0.15, 0.2) is 36.4 Å². The molecule has 0 aliphatic carbocycles. The van der Waals surface area contributed by atoms with Crippen LogP contribution in [0.25, 0.3) is 0 Å². The van der Waals surface area contributed by atoms with Crippen LogP contribution in [-0.4, -0.2) is 11.0 Å². The fourth-order valence-electron chi connectivity index (χ4n) is 1.69. The van der Waals surface area contributed by atoms with Crippen LogP contribution in [0.5, 0.6) is 5.75 Å². The molecule has 5 heteroatoms. The highest BCUT2D eigenvalue weighted by atomic mass is 35.5. The Morgan fingerprint density at radius 2 is 2.05 bits per heavy atom. The summed E-state index contributed by atoms with van der Waals surface area (Å²) in [6.07, 6.45) is 0. The Bertz CT molecular complexity index is 641. The van der Waals surface area contributed by atoms with Crippen molar-refractivity contribution in [2.45, 2.75) is 6.92 Å². The quantitative estimate of drug-likeness (QED) is 0.737. The van der Waals surface area contributed by atoms with Crippen molar-refractivity contribution in [3.63, 3.8) is 0 Å². The number of nitrogens with one attached hydrogen (secondary N) is 1. The number of rotatable bonds is 2. The van der Waals surface area contributed by atoms with E-state index >= 15 is 0 Å². The molecule has 0 radical (unpaired) electrons. The van der Waals surface area contributed by atoms with Gasteiger partial charge in [-0.2, -0.15) is 0 Å². The molecule has 0 saturated carbocycles. The first kappa shape index (κ1) is 13.2. The number of carbonyl (C=O) groups is 1. The minimum Gasteiger partial charge on any atom is -0.508 e. The van der Waals surface area contributed by atoms with Gasteiger partial charge < -0.3 is 16.2 Å². The molecule has 0 unspecified atom stereocenters. The number of nitrogens with two attached hydrogens (primary N) is 1. The second kappa shape index (κ2) is 5.20. The number of hydrogen-bond acceptors (Lipinski definition) is 3. The average molecular weight is 277 g/mol. The van der Waals surface area contributed by atoms with Crippen LogP contribution >= 0.6 is 11.6 Å². The van der Waals surface area contributed by atoms with Gasteiger partial charge in [0.25, 0.3) is 5.91 Å². The van der Waals surface area contributed by atoms with Crippen molar-refractivity contribution in [3.05, 3.63) is 52.5 Å². The van der Waals surface area contributed by atoms with E-state index < -0.39 is 0 Å². The summed E-state index contributed by atoms with van der Waals surface area (Å²) in [4.78, 5) is 12.1. The molecule has 0 heterocycles. The molecule has 0 spiro atoms. The van der Waals surface area contributed by atoms with Crippen LogP contribution in [-0.2, 0) is 0 Å². The molecule has 0 saturated heterocycles. The van der Waals surface area contributed by atoms with Gasteiger partial charge in [-0.15, -0.1) is 0 Å². The molecule has 0 aromatic heterocycles. The highest BCUT2D eigenvalue weighted by Crippen LogP contribution is 2.26. The molecule has 19 heavy (non-hydrogen) atoms. The number of phenols is 1. The largest absolute Gasteiger partial charge is 0.508 e. The molecule has 0 aliphatic heterocycles. The normalized spacial score (nSPS) is 10.2. The smallest absolute Gasteiger partial charge is 0.256 e. The lowest BCUT2D eigenvalue weighted by molar-refractivity contribution is 0.102. The second-order valence-electron chi connectivity index (χ2n) is 4.14. The van der Waals surface area contributed by atoms with Crippen LogP contribution in [0.3, 0.4) is 0 Å². The van der Waals surface area contributed by atoms with Crippen molar-refractivity contribution in [2.75, 3.05) is 11.1 Å². The maximum Gasteiger partial charge on any atom is 0.256 e. The van der Waals surface area contributed by atoms with Crippen molar-refractivity contribution in [3.8, 4) is 5.75 Å². The van der Waals surface area contributed by atoms with Crippen molar-refractivity contribution in [2.24, 2.45) is 0 Å². The number of halogens is 1. The Labute approximate surface area is 115 Å². The maximum absolute atomic E-state index is 12.1. The Kier molecular flexibility index (Phi) is 3.62. The van der Waals surface area contributed by atoms with E-state index in [4.69, 9.17) is 17.3 Å². The van der Waals surface area contributed by atoms with Gasteiger partial charge in [-0.1, -0.05) is 17.7 Å². The molecular formula is C14H13ClN2O2. The summed E-state index contributed by atoms with van der Waals surface area (Å²) in [7, 11) is 0. The first-order valence-corrected chi connectivity index (χ1v) is 6.02. The van der Waals surface area contributed by atoms with Crippen LogP contribution in [0, 0.1) is 6.92 Å². The van der Waals surface area contributed by atoms with Crippen molar-refractivity contribution in [1.29, 1.82) is 0 Å². The third-order valence-corrected chi connectivity index (χ3v) is 3.10. The monoisotopic (exact) mass is 276 g/mol. The third-order valence-electron chi connectivity index (χ3n) is 2.79. The molecule has 2 aromatic carbocycles. The van der Waals surface area contributed by atoms with E-state index in [-0.39, 0.29) is 11.7 Å². The molecular weight excluding hydrogens is 264 g/mol. The maximum atomic E-state index is 12.1. The number of phenolic OH excluding ortho intramolecular Hbond substituents is 1. The molecule has 2 rings (SSSR count). The number of aromatic hydroxyl groups is 1. The molecule has 0 aliphatic rings. The number of anilines is 2. The van der Waals surface area contributed by atoms with Crippen molar-refractivity contribution in [1.82, 2.24) is 0 Å². The predicted octanol–water partition coefficient (Wildman–Crippen LogP) is 3.19. The van der Waals surface area contributed by atoms with Crippen LogP contribution in [0.4, 0.5) is 11.4 Å². The highest BCUT2D eigenvalue weighted by molar-refractivity contribution is 6.34. The molecule has 98 valence electrons. The van der Waals surface area contributed by atoms with Crippen LogP contribution < -0.4 is 11.1 Å². The fourth-order valence-corrected chi connectivity index (χ4v) is 1.93. The zero-order valence-electron chi connectivity index (χ0n) is 10.3. The van der Waals surface area contributed by atoms with Gasteiger partial charge in [0.2, 0.25) is 0 Å². The van der Waals surface area contributed by atoms with Gasteiger partial charge in [0.1, 0.15) is 5.75 Å². The molecule has 0 bridgehead atoms. The summed E-state index contributed by atoms with van der Waals surface area (Å²) in [5, 5.41) is 12.6. The van der Waals surface area contributed by atoms with Gasteiger partial charge in [0.15, 0.2) is 0 Å². The van der Waals surface area contributed by atoms with E-state index in [9.17, 15) is 9.90 Å². The van der Waals surface area contributed by atoms with Crippen LogP contribution in [0.2, 0.25) is 5.02 Å². The van der Waals surface area contributed by atoms with E-state index in [1.807, 2.05) is 0 Å². The number of hydrogen-bond donors (Lipinski definition) is 3. The summed E-state index contributed by atoms with van der Waals surface area (Å²) in [6.45, 7) is 1.68. The minimum absolute atomic E-state index is 0.0797. The van der Waals surface area contributed by atoms with Gasteiger partial charge in [0.05, 0.1) is 10.7 Å². The summed E-state index contributed by atoms with van der Waals surface area (Å²) in [5.74, 6) is -0.254. The molecule has 1 amide bonds. The first-order chi connectivity index (χ1) is 8.99. The lowest BCUT2D eigenvalue weighted by atomic mass is 10.1. The predicted molar refractivity (Wildman–Crippen MR) is 76.7 cm³/mol. The SMILES string of the molecule is Cc1c(O)cccc1C(=O)Nc1ccc(N)cc1Cl. The van der Waals surface area contributed by atoms with Crippen LogP contribution in [0.1, 0.15) is 15.9 Å². The standard InChI is InChI=1S/C14H13ClN2O2/c1-8-10(3-2-4-13(8)18)14(19)17-12-6-5-9(16)7-11(12)15/h2-7,18H,16H2,1H3,(H,17,19). The number of amides is 1. The molecule has 0 fully saturated rings. The minimum atomic E-state index is -0.333. The lowest BCUT2D eigenvalue weighted by Gasteiger charge is -2.10. The molecule has 0 atom stereocenters. The van der Waals surface area contributed by atoms with Gasteiger partial charge in [0, 0.05) is 16.8 Å². The van der Waals surface area contributed by atoms with E-state index in [1.165, 1.54) is 6.07 Å². The Balaban J connectivity index is 2.28. The summed E-state index contributed by atoms with van der Waals surface area (Å²) in [5.41, 5.74) is 7.50. The van der Waals surface area contributed by atoms with Gasteiger partial charge in [-0.3, -0.25) is 4.79 Å². The van der Waals surface area contributed by atoms with Gasteiger partial charge in [-0.25, -0.2) is 0 Å². The van der Waals surface area contributed by atoms with E-state index in [0.717, 1.165) is 0 Å². The number of benzene rings is 2. The zero-order chi connectivity index (χ0) is 14.0. The highest BCUT2D eigenvalue weighted by Gasteiger charge is 2.12. The lowest BCUT2D eigenvalue weighted by Crippen LogP contribution is -2.13. The van der Waals surface area contributed by atoms with Gasteiger partial charge in [-0.05, 0) is 37.3 Å². The Morgan fingerprint density at radius 1 is 1.32 bits per heavy atom. The first-order valence-electron chi connectivity index (χ1n) is 5.64. The third kappa shape index (κ3) is 2.80. The number of carbonyl (C=O) groups excluding carboxylic acids is 1. The average Bonchev–Trinajstić information content (AvgIpc) is 2.36. The second-order valence-corrected chi connectivity index (χ2v) is 4.55. The summed E-state index contributed by atoms with van der Waals surface area (Å²) < 4.78 is 0. The molecule has 4 nitrogen and oxygen atoms in total. The zero-order valence-corrected chi connectivity index (χ0v) is 11.0. The Hall–Kier alpha value is -2.20. The molecule has 4 N–H and O–H groups in total. The van der Waals surface area contributed by atoms with Crippen molar-refractivity contribution >= 4 is 28.9 Å².